The smallest absolute Gasteiger partial charge is 0.242 e. The third-order valence-corrected chi connectivity index (χ3v) is 6.66. The Morgan fingerprint density at radius 3 is 2.80 bits per heavy atom. The number of benzene rings is 1. The molecule has 112 valence electrons. The van der Waals surface area contributed by atoms with Crippen LogP contribution in [0.15, 0.2) is 23.1 Å². The molecule has 0 amide bonds. The van der Waals surface area contributed by atoms with Crippen molar-refractivity contribution < 1.29 is 8.42 Å². The Morgan fingerprint density at radius 1 is 1.45 bits per heavy atom. The van der Waals surface area contributed by atoms with Crippen LogP contribution in [0.3, 0.4) is 0 Å². The predicted octanol–water partition coefficient (Wildman–Crippen LogP) is 2.36. The molecule has 0 radical (unpaired) electrons. The van der Waals surface area contributed by atoms with Gasteiger partial charge in [-0.3, -0.25) is 0 Å². The molecule has 4 nitrogen and oxygen atoms in total. The number of hydrogen-bond donors (Lipinski definition) is 2. The molecule has 20 heavy (non-hydrogen) atoms. The van der Waals surface area contributed by atoms with Gasteiger partial charge < -0.3 is 5.73 Å². The van der Waals surface area contributed by atoms with Crippen molar-refractivity contribution in [2.24, 2.45) is 5.73 Å². The van der Waals surface area contributed by atoms with Crippen molar-refractivity contribution >= 4 is 33.4 Å². The number of rotatable bonds is 5. The first kappa shape index (κ1) is 16.1. The molecular formula is C13H19ClN2O2S2. The van der Waals surface area contributed by atoms with E-state index in [1.165, 1.54) is 0 Å². The second-order valence-corrected chi connectivity index (χ2v) is 8.19. The van der Waals surface area contributed by atoms with Gasteiger partial charge in [-0.05, 0) is 43.2 Å². The van der Waals surface area contributed by atoms with E-state index in [9.17, 15) is 8.42 Å². The Bertz CT molecular complexity index is 578. The van der Waals surface area contributed by atoms with Gasteiger partial charge in [-0.1, -0.05) is 17.7 Å². The maximum Gasteiger partial charge on any atom is 0.242 e. The third kappa shape index (κ3) is 3.68. The lowest BCUT2D eigenvalue weighted by molar-refractivity contribution is 0.552. The highest BCUT2D eigenvalue weighted by Gasteiger charge is 2.29. The summed E-state index contributed by atoms with van der Waals surface area (Å²) in [6.07, 6.45) is 4.85. The van der Waals surface area contributed by atoms with E-state index in [1.54, 1.807) is 30.0 Å². The Kier molecular flexibility index (Phi) is 5.36. The number of sulfonamides is 1. The minimum atomic E-state index is -3.59. The highest BCUT2D eigenvalue weighted by Crippen LogP contribution is 2.30. The lowest BCUT2D eigenvalue weighted by Gasteiger charge is -2.14. The highest BCUT2D eigenvalue weighted by atomic mass is 35.5. The first-order chi connectivity index (χ1) is 9.46. The fourth-order valence-electron chi connectivity index (χ4n) is 2.42. The molecule has 1 aromatic carbocycles. The zero-order valence-corrected chi connectivity index (χ0v) is 13.7. The summed E-state index contributed by atoms with van der Waals surface area (Å²) in [6, 6.07) is 4.86. The van der Waals surface area contributed by atoms with E-state index in [1.807, 2.05) is 0 Å². The Hall–Kier alpha value is -0.270. The molecule has 7 heteroatoms. The zero-order chi connectivity index (χ0) is 14.8. The van der Waals surface area contributed by atoms with E-state index in [2.05, 4.69) is 11.0 Å². The summed E-state index contributed by atoms with van der Waals surface area (Å²) in [4.78, 5) is 0.120. The average molecular weight is 335 g/mol. The molecule has 2 rings (SSSR count). The molecule has 3 N–H and O–H groups in total. The lowest BCUT2D eigenvalue weighted by Crippen LogP contribution is -2.33. The zero-order valence-electron chi connectivity index (χ0n) is 11.3. The van der Waals surface area contributed by atoms with Crippen molar-refractivity contribution in [3.05, 3.63) is 28.8 Å². The summed E-state index contributed by atoms with van der Waals surface area (Å²) in [7, 11) is -3.59. The van der Waals surface area contributed by atoms with Crippen LogP contribution in [-0.2, 0) is 16.6 Å². The van der Waals surface area contributed by atoms with Crippen molar-refractivity contribution in [2.45, 2.75) is 42.0 Å². The van der Waals surface area contributed by atoms with Gasteiger partial charge in [-0.15, -0.1) is 0 Å². The molecule has 0 bridgehead atoms. The van der Waals surface area contributed by atoms with Crippen LogP contribution in [0.4, 0.5) is 0 Å². The number of nitrogens with two attached hydrogens (primary N) is 1. The standard InChI is InChI=1S/C13H19ClN2O2S2/c1-19-11-4-3-10(7-11)16-20(17,18)13-6-9(8-15)2-5-12(13)14/h2,5-6,10-11,16H,3-4,7-8,15H2,1H3. The van der Waals surface area contributed by atoms with Crippen LogP contribution >= 0.6 is 23.4 Å². The fourth-order valence-corrected chi connectivity index (χ4v) is 5.05. The van der Waals surface area contributed by atoms with Crippen LogP contribution < -0.4 is 10.5 Å². The van der Waals surface area contributed by atoms with Crippen LogP contribution in [0.25, 0.3) is 0 Å². The van der Waals surface area contributed by atoms with Crippen molar-refractivity contribution in [1.29, 1.82) is 0 Å². The highest BCUT2D eigenvalue weighted by molar-refractivity contribution is 7.99. The Labute approximate surface area is 129 Å². The van der Waals surface area contributed by atoms with Gasteiger partial charge in [0.05, 0.1) is 5.02 Å². The second kappa shape index (κ2) is 6.66. The van der Waals surface area contributed by atoms with Gasteiger partial charge in [0.1, 0.15) is 4.90 Å². The quantitative estimate of drug-likeness (QED) is 0.867. The Balaban J connectivity index is 2.18. The third-order valence-electron chi connectivity index (χ3n) is 3.56. The predicted molar refractivity (Wildman–Crippen MR) is 84.6 cm³/mol. The molecule has 1 aliphatic carbocycles. The molecule has 1 aromatic rings. The number of nitrogens with one attached hydrogen (secondary N) is 1. The molecule has 1 fully saturated rings. The topological polar surface area (TPSA) is 72.2 Å². The van der Waals surface area contributed by atoms with E-state index >= 15 is 0 Å². The SMILES string of the molecule is CSC1CCC(NS(=O)(=O)c2cc(CN)ccc2Cl)C1. The Morgan fingerprint density at radius 2 is 2.20 bits per heavy atom. The minimum Gasteiger partial charge on any atom is -0.326 e. The number of hydrogen-bond acceptors (Lipinski definition) is 4. The van der Waals surface area contributed by atoms with Crippen LogP contribution in [0, 0.1) is 0 Å². The summed E-state index contributed by atoms with van der Waals surface area (Å²) >= 11 is 7.80. The molecule has 2 atom stereocenters. The van der Waals surface area contributed by atoms with Gasteiger partial charge in [0.25, 0.3) is 0 Å². The first-order valence-electron chi connectivity index (χ1n) is 6.50. The van der Waals surface area contributed by atoms with Crippen molar-refractivity contribution in [3.8, 4) is 0 Å². The molecule has 0 aromatic heterocycles. The summed E-state index contributed by atoms with van der Waals surface area (Å²) in [5.74, 6) is 0. The van der Waals surface area contributed by atoms with Crippen LogP contribution in [-0.4, -0.2) is 26.0 Å². The van der Waals surface area contributed by atoms with E-state index in [4.69, 9.17) is 17.3 Å². The molecule has 0 heterocycles. The molecule has 1 saturated carbocycles. The molecule has 0 saturated heterocycles. The van der Waals surface area contributed by atoms with Gasteiger partial charge in [-0.25, -0.2) is 13.1 Å². The van der Waals surface area contributed by atoms with Crippen molar-refractivity contribution in [1.82, 2.24) is 4.72 Å². The van der Waals surface area contributed by atoms with Gasteiger partial charge in [-0.2, -0.15) is 11.8 Å². The monoisotopic (exact) mass is 334 g/mol. The van der Waals surface area contributed by atoms with E-state index < -0.39 is 10.0 Å². The minimum absolute atomic E-state index is 0.00458. The van der Waals surface area contributed by atoms with Gasteiger partial charge in [0, 0.05) is 17.8 Å². The van der Waals surface area contributed by atoms with Crippen LogP contribution in [0.5, 0.6) is 0 Å². The number of halogens is 1. The van der Waals surface area contributed by atoms with Crippen LogP contribution in [0.2, 0.25) is 5.02 Å². The molecule has 0 aliphatic heterocycles. The summed E-state index contributed by atoms with van der Waals surface area (Å²) in [5, 5.41) is 0.766. The average Bonchev–Trinajstić information content (AvgIpc) is 2.86. The fraction of sp³-hybridized carbons (Fsp3) is 0.538. The normalized spacial score (nSPS) is 23.1. The number of thioether (sulfide) groups is 1. The second-order valence-electron chi connectivity index (χ2n) is 4.96. The van der Waals surface area contributed by atoms with Crippen molar-refractivity contribution in [2.75, 3.05) is 6.26 Å². The molecule has 0 spiro atoms. The maximum absolute atomic E-state index is 12.4. The summed E-state index contributed by atoms with van der Waals surface area (Å²) in [6.45, 7) is 0.289. The van der Waals surface area contributed by atoms with Gasteiger partial charge in [0.15, 0.2) is 0 Å². The lowest BCUT2D eigenvalue weighted by atomic mass is 10.2. The van der Waals surface area contributed by atoms with Gasteiger partial charge >= 0.3 is 0 Å². The van der Waals surface area contributed by atoms with Crippen LogP contribution in [0.1, 0.15) is 24.8 Å². The van der Waals surface area contributed by atoms with Gasteiger partial charge in [0.2, 0.25) is 10.0 Å². The van der Waals surface area contributed by atoms with E-state index in [0.29, 0.717) is 5.25 Å². The molecule has 1 aliphatic rings. The molecular weight excluding hydrogens is 316 g/mol. The summed E-state index contributed by atoms with van der Waals surface area (Å²) in [5.41, 5.74) is 6.30. The molecule has 2 unspecified atom stereocenters. The van der Waals surface area contributed by atoms with Crippen molar-refractivity contribution in [3.63, 3.8) is 0 Å². The van der Waals surface area contributed by atoms with E-state index in [0.717, 1.165) is 24.8 Å². The summed E-state index contributed by atoms with van der Waals surface area (Å²) < 4.78 is 27.6. The maximum atomic E-state index is 12.4. The first-order valence-corrected chi connectivity index (χ1v) is 9.65. The largest absolute Gasteiger partial charge is 0.326 e. The van der Waals surface area contributed by atoms with E-state index in [-0.39, 0.29) is 22.5 Å².